The lowest BCUT2D eigenvalue weighted by Gasteiger charge is -2.28. The van der Waals surface area contributed by atoms with Crippen LogP contribution in [0, 0.1) is 5.92 Å². The van der Waals surface area contributed by atoms with Gasteiger partial charge in [-0.05, 0) is 43.0 Å². The molecule has 0 amide bonds. The highest BCUT2D eigenvalue weighted by Crippen LogP contribution is 2.29. The summed E-state index contributed by atoms with van der Waals surface area (Å²) in [6.07, 6.45) is 1.90. The molecule has 1 aliphatic heterocycles. The second kappa shape index (κ2) is 6.77. The minimum Gasteiger partial charge on any atom is -0.367 e. The number of nitrogens with zero attached hydrogens (tertiary/aromatic N) is 1. The van der Waals surface area contributed by atoms with Gasteiger partial charge >= 0.3 is 0 Å². The fourth-order valence-electron chi connectivity index (χ4n) is 2.82. The van der Waals surface area contributed by atoms with Crippen molar-refractivity contribution >= 4 is 15.7 Å². The van der Waals surface area contributed by atoms with Gasteiger partial charge in [0.2, 0.25) is 10.0 Å². The van der Waals surface area contributed by atoms with Crippen LogP contribution in [0.4, 0.5) is 5.69 Å². The number of nitrogens with two attached hydrogens (primary N) is 1. The monoisotopic (exact) mass is 311 g/mol. The first-order valence-electron chi connectivity index (χ1n) is 7.56. The molecule has 21 heavy (non-hydrogen) atoms. The van der Waals surface area contributed by atoms with E-state index in [1.54, 1.807) is 12.1 Å². The van der Waals surface area contributed by atoms with Crippen molar-refractivity contribution in [2.45, 2.75) is 37.6 Å². The summed E-state index contributed by atoms with van der Waals surface area (Å²) in [5.41, 5.74) is 6.90. The van der Waals surface area contributed by atoms with Crippen LogP contribution in [0.15, 0.2) is 29.2 Å². The standard InChI is InChI=1S/C15H25N3O2S/c1-3-9-17-21(19,20)14-6-4-13(5-7-14)18-10-8-12(2)15(18)11-16/h4-7,12,15,17H,3,8-11,16H2,1-2H3. The Hall–Kier alpha value is -1.11. The number of rotatable bonds is 6. The smallest absolute Gasteiger partial charge is 0.240 e. The molecule has 0 aliphatic carbocycles. The molecule has 118 valence electrons. The Morgan fingerprint density at radius 2 is 2.00 bits per heavy atom. The van der Waals surface area contributed by atoms with Gasteiger partial charge in [0, 0.05) is 31.4 Å². The van der Waals surface area contributed by atoms with Crippen molar-refractivity contribution in [2.75, 3.05) is 24.5 Å². The van der Waals surface area contributed by atoms with Gasteiger partial charge < -0.3 is 10.6 Å². The molecule has 1 aliphatic rings. The van der Waals surface area contributed by atoms with E-state index in [4.69, 9.17) is 5.73 Å². The Morgan fingerprint density at radius 3 is 2.57 bits per heavy atom. The molecule has 1 aromatic rings. The van der Waals surface area contributed by atoms with E-state index in [1.165, 1.54) is 0 Å². The molecule has 2 rings (SSSR count). The predicted octanol–water partition coefficient (Wildman–Crippen LogP) is 1.55. The number of anilines is 1. The molecule has 2 unspecified atom stereocenters. The zero-order chi connectivity index (χ0) is 15.5. The average Bonchev–Trinajstić information content (AvgIpc) is 2.86. The van der Waals surface area contributed by atoms with Gasteiger partial charge in [-0.2, -0.15) is 0 Å². The van der Waals surface area contributed by atoms with Crippen LogP contribution in [-0.4, -0.2) is 34.1 Å². The molecule has 2 atom stereocenters. The second-order valence-electron chi connectivity index (χ2n) is 5.65. The van der Waals surface area contributed by atoms with Gasteiger partial charge in [-0.25, -0.2) is 13.1 Å². The van der Waals surface area contributed by atoms with E-state index in [1.807, 2.05) is 19.1 Å². The molecule has 6 heteroatoms. The second-order valence-corrected chi connectivity index (χ2v) is 7.42. The predicted molar refractivity (Wildman–Crippen MR) is 85.9 cm³/mol. The molecule has 0 saturated carbocycles. The summed E-state index contributed by atoms with van der Waals surface area (Å²) in [5.74, 6) is 0.574. The molecule has 1 aromatic carbocycles. The molecule has 1 heterocycles. The van der Waals surface area contributed by atoms with Crippen LogP contribution in [0.25, 0.3) is 0 Å². The lowest BCUT2D eigenvalue weighted by atomic mass is 10.0. The number of benzene rings is 1. The average molecular weight is 311 g/mol. The quantitative estimate of drug-likeness (QED) is 0.836. The molecule has 1 fully saturated rings. The first-order valence-corrected chi connectivity index (χ1v) is 9.04. The summed E-state index contributed by atoms with van der Waals surface area (Å²) in [6.45, 7) is 6.21. The minimum absolute atomic E-state index is 0.316. The fourth-order valence-corrected chi connectivity index (χ4v) is 3.96. The van der Waals surface area contributed by atoms with E-state index in [-0.39, 0.29) is 0 Å². The summed E-state index contributed by atoms with van der Waals surface area (Å²) in [5, 5.41) is 0. The fraction of sp³-hybridized carbons (Fsp3) is 0.600. The van der Waals surface area contributed by atoms with E-state index in [2.05, 4.69) is 16.5 Å². The Kier molecular flexibility index (Phi) is 5.24. The third kappa shape index (κ3) is 3.56. The maximum absolute atomic E-state index is 12.1. The van der Waals surface area contributed by atoms with Crippen LogP contribution < -0.4 is 15.4 Å². The molecule has 1 saturated heterocycles. The lowest BCUT2D eigenvalue weighted by molar-refractivity contribution is 0.519. The highest BCUT2D eigenvalue weighted by atomic mass is 32.2. The van der Waals surface area contributed by atoms with Crippen molar-refractivity contribution in [3.05, 3.63) is 24.3 Å². The van der Waals surface area contributed by atoms with Gasteiger partial charge in [0.25, 0.3) is 0 Å². The van der Waals surface area contributed by atoms with Gasteiger partial charge in [-0.3, -0.25) is 0 Å². The number of hydrogen-bond acceptors (Lipinski definition) is 4. The molecular weight excluding hydrogens is 286 g/mol. The highest BCUT2D eigenvalue weighted by molar-refractivity contribution is 7.89. The molecule has 5 nitrogen and oxygen atoms in total. The zero-order valence-corrected chi connectivity index (χ0v) is 13.6. The summed E-state index contributed by atoms with van der Waals surface area (Å²) < 4.78 is 26.7. The van der Waals surface area contributed by atoms with Crippen molar-refractivity contribution in [3.63, 3.8) is 0 Å². The van der Waals surface area contributed by atoms with Crippen LogP contribution in [0.5, 0.6) is 0 Å². The Labute approximate surface area is 127 Å². The Balaban J connectivity index is 2.16. The zero-order valence-electron chi connectivity index (χ0n) is 12.7. The van der Waals surface area contributed by atoms with E-state index >= 15 is 0 Å². The SMILES string of the molecule is CCCNS(=O)(=O)c1ccc(N2CCC(C)C2CN)cc1. The molecule has 0 aromatic heterocycles. The van der Waals surface area contributed by atoms with E-state index < -0.39 is 10.0 Å². The molecule has 0 spiro atoms. The third-order valence-electron chi connectivity index (χ3n) is 4.14. The van der Waals surface area contributed by atoms with Crippen molar-refractivity contribution in [3.8, 4) is 0 Å². The van der Waals surface area contributed by atoms with Crippen LogP contribution in [0.1, 0.15) is 26.7 Å². The van der Waals surface area contributed by atoms with Crippen LogP contribution in [-0.2, 0) is 10.0 Å². The largest absolute Gasteiger partial charge is 0.367 e. The lowest BCUT2D eigenvalue weighted by Crippen LogP contribution is -2.38. The van der Waals surface area contributed by atoms with Gasteiger partial charge in [-0.1, -0.05) is 13.8 Å². The topological polar surface area (TPSA) is 75.4 Å². The molecule has 0 bridgehead atoms. The normalized spacial score (nSPS) is 22.7. The van der Waals surface area contributed by atoms with E-state index in [0.717, 1.165) is 25.1 Å². The maximum Gasteiger partial charge on any atom is 0.240 e. The van der Waals surface area contributed by atoms with Crippen LogP contribution in [0.2, 0.25) is 0 Å². The Morgan fingerprint density at radius 1 is 1.33 bits per heavy atom. The molecule has 3 N–H and O–H groups in total. The van der Waals surface area contributed by atoms with Crippen molar-refractivity contribution in [2.24, 2.45) is 11.7 Å². The van der Waals surface area contributed by atoms with Crippen molar-refractivity contribution < 1.29 is 8.42 Å². The summed E-state index contributed by atoms with van der Waals surface area (Å²) in [4.78, 5) is 2.59. The van der Waals surface area contributed by atoms with Crippen LogP contribution in [0.3, 0.4) is 0 Å². The number of sulfonamides is 1. The third-order valence-corrected chi connectivity index (χ3v) is 5.62. The van der Waals surface area contributed by atoms with Gasteiger partial charge in [0.1, 0.15) is 0 Å². The van der Waals surface area contributed by atoms with Crippen molar-refractivity contribution in [1.82, 2.24) is 4.72 Å². The number of hydrogen-bond donors (Lipinski definition) is 2. The van der Waals surface area contributed by atoms with Gasteiger partial charge in [0.15, 0.2) is 0 Å². The van der Waals surface area contributed by atoms with Crippen LogP contribution >= 0.6 is 0 Å². The first kappa shape index (κ1) is 16.3. The van der Waals surface area contributed by atoms with Gasteiger partial charge in [-0.15, -0.1) is 0 Å². The van der Waals surface area contributed by atoms with E-state index in [0.29, 0.717) is 29.9 Å². The highest BCUT2D eigenvalue weighted by Gasteiger charge is 2.30. The summed E-state index contributed by atoms with van der Waals surface area (Å²) in [6, 6.07) is 7.43. The molecular formula is C15H25N3O2S. The first-order chi connectivity index (χ1) is 9.99. The molecule has 0 radical (unpaired) electrons. The number of nitrogens with one attached hydrogen (secondary N) is 1. The minimum atomic E-state index is -3.39. The summed E-state index contributed by atoms with van der Waals surface area (Å²) >= 11 is 0. The Bertz CT molecular complexity index is 557. The van der Waals surface area contributed by atoms with Crippen molar-refractivity contribution in [1.29, 1.82) is 0 Å². The van der Waals surface area contributed by atoms with E-state index in [9.17, 15) is 8.42 Å². The maximum atomic E-state index is 12.1. The summed E-state index contributed by atoms with van der Waals surface area (Å²) in [7, 11) is -3.39. The van der Waals surface area contributed by atoms with Gasteiger partial charge in [0.05, 0.1) is 4.90 Å².